The molecule has 1 aromatic carbocycles. The average molecular weight is 234 g/mol. The largest absolute Gasteiger partial charge is 0.398 e. The second kappa shape index (κ2) is 5.21. The minimum atomic E-state index is 0.0432. The minimum Gasteiger partial charge on any atom is -0.398 e. The van der Waals surface area contributed by atoms with Crippen LogP contribution in [0.2, 0.25) is 0 Å². The van der Waals surface area contributed by atoms with Gasteiger partial charge in [-0.25, -0.2) is 0 Å². The van der Waals surface area contributed by atoms with E-state index in [-0.39, 0.29) is 18.0 Å². The van der Waals surface area contributed by atoms with Crippen molar-refractivity contribution in [1.29, 1.82) is 0 Å². The molecule has 3 nitrogen and oxygen atoms in total. The van der Waals surface area contributed by atoms with Crippen LogP contribution in [0.4, 0.5) is 5.69 Å². The maximum atomic E-state index is 12.4. The normalized spacial score (nSPS) is 11.0. The number of aryl methyl sites for hydroxylation is 1. The first kappa shape index (κ1) is 13.6. The smallest absolute Gasteiger partial charge is 0.254 e. The average Bonchev–Trinajstić information content (AvgIpc) is 2.20. The number of carbonyl (C=O) groups excluding carboxylic acids is 1. The van der Waals surface area contributed by atoms with Gasteiger partial charge in [-0.05, 0) is 52.3 Å². The third-order valence-electron chi connectivity index (χ3n) is 2.87. The Morgan fingerprint density at radius 1 is 1.18 bits per heavy atom. The second-order valence-corrected chi connectivity index (χ2v) is 4.97. The van der Waals surface area contributed by atoms with Crippen LogP contribution >= 0.6 is 0 Å². The van der Waals surface area contributed by atoms with Crippen LogP contribution in [0.25, 0.3) is 0 Å². The molecule has 0 unspecified atom stereocenters. The standard InChI is InChI=1S/C14H22N2O/c1-9(2)16(10(3)4)14(17)12-7-6-11(5)13(15)8-12/h6-10H,15H2,1-5H3. The summed E-state index contributed by atoms with van der Waals surface area (Å²) in [7, 11) is 0. The third-order valence-corrected chi connectivity index (χ3v) is 2.87. The fraction of sp³-hybridized carbons (Fsp3) is 0.500. The molecule has 0 heterocycles. The van der Waals surface area contributed by atoms with E-state index in [4.69, 9.17) is 5.73 Å². The maximum absolute atomic E-state index is 12.4. The first-order chi connectivity index (χ1) is 7.84. The van der Waals surface area contributed by atoms with Gasteiger partial charge in [0.05, 0.1) is 0 Å². The summed E-state index contributed by atoms with van der Waals surface area (Å²) >= 11 is 0. The molecule has 17 heavy (non-hydrogen) atoms. The van der Waals surface area contributed by atoms with Gasteiger partial charge in [0.1, 0.15) is 0 Å². The molecule has 1 amide bonds. The molecule has 1 aromatic rings. The lowest BCUT2D eigenvalue weighted by Gasteiger charge is -2.31. The Morgan fingerprint density at radius 2 is 1.71 bits per heavy atom. The number of rotatable bonds is 3. The summed E-state index contributed by atoms with van der Waals surface area (Å²) < 4.78 is 0. The number of amides is 1. The molecule has 3 heteroatoms. The summed E-state index contributed by atoms with van der Waals surface area (Å²) in [5.74, 6) is 0.0432. The molecule has 2 N–H and O–H groups in total. The van der Waals surface area contributed by atoms with Crippen LogP contribution in [0, 0.1) is 6.92 Å². The minimum absolute atomic E-state index is 0.0432. The molecule has 0 spiro atoms. The summed E-state index contributed by atoms with van der Waals surface area (Å²) in [6.07, 6.45) is 0. The Kier molecular flexibility index (Phi) is 4.16. The van der Waals surface area contributed by atoms with E-state index in [1.165, 1.54) is 0 Å². The molecule has 0 bridgehead atoms. The van der Waals surface area contributed by atoms with Crippen LogP contribution in [0.1, 0.15) is 43.6 Å². The molecule has 0 saturated heterocycles. The Labute approximate surface area is 104 Å². The van der Waals surface area contributed by atoms with Crippen molar-refractivity contribution in [3.8, 4) is 0 Å². The van der Waals surface area contributed by atoms with Crippen molar-refractivity contribution in [3.05, 3.63) is 29.3 Å². The molecule has 1 rings (SSSR count). The highest BCUT2D eigenvalue weighted by atomic mass is 16.2. The van der Waals surface area contributed by atoms with E-state index >= 15 is 0 Å². The fourth-order valence-electron chi connectivity index (χ4n) is 1.99. The van der Waals surface area contributed by atoms with Crippen molar-refractivity contribution in [1.82, 2.24) is 4.90 Å². The van der Waals surface area contributed by atoms with Gasteiger partial charge in [0, 0.05) is 23.3 Å². The number of nitrogen functional groups attached to an aromatic ring is 1. The van der Waals surface area contributed by atoms with Crippen LogP contribution in [-0.2, 0) is 0 Å². The van der Waals surface area contributed by atoms with E-state index in [9.17, 15) is 4.79 Å². The molecule has 0 radical (unpaired) electrons. The first-order valence-corrected chi connectivity index (χ1v) is 6.03. The van der Waals surface area contributed by atoms with Gasteiger partial charge in [0.2, 0.25) is 0 Å². The van der Waals surface area contributed by atoms with Gasteiger partial charge >= 0.3 is 0 Å². The Morgan fingerprint density at radius 3 is 2.12 bits per heavy atom. The number of carbonyl (C=O) groups is 1. The van der Waals surface area contributed by atoms with Crippen molar-refractivity contribution in [3.63, 3.8) is 0 Å². The SMILES string of the molecule is Cc1ccc(C(=O)N(C(C)C)C(C)C)cc1N. The highest BCUT2D eigenvalue weighted by molar-refractivity contribution is 5.95. The lowest BCUT2D eigenvalue weighted by Crippen LogP contribution is -2.42. The zero-order chi connectivity index (χ0) is 13.2. The van der Waals surface area contributed by atoms with E-state index < -0.39 is 0 Å². The van der Waals surface area contributed by atoms with E-state index in [1.807, 2.05) is 51.7 Å². The Bertz CT molecular complexity index is 403. The fourth-order valence-corrected chi connectivity index (χ4v) is 1.99. The summed E-state index contributed by atoms with van der Waals surface area (Å²) in [4.78, 5) is 14.2. The Hall–Kier alpha value is -1.51. The first-order valence-electron chi connectivity index (χ1n) is 6.03. The number of nitrogens with two attached hydrogens (primary N) is 1. The number of hydrogen-bond acceptors (Lipinski definition) is 2. The van der Waals surface area contributed by atoms with Crippen molar-refractivity contribution >= 4 is 11.6 Å². The zero-order valence-electron chi connectivity index (χ0n) is 11.3. The van der Waals surface area contributed by atoms with E-state index in [2.05, 4.69) is 0 Å². The van der Waals surface area contributed by atoms with Gasteiger partial charge in [-0.15, -0.1) is 0 Å². The highest BCUT2D eigenvalue weighted by Gasteiger charge is 2.21. The number of benzene rings is 1. The number of anilines is 1. The third kappa shape index (κ3) is 2.99. The van der Waals surface area contributed by atoms with Crippen LogP contribution in [-0.4, -0.2) is 22.9 Å². The quantitative estimate of drug-likeness (QED) is 0.817. The topological polar surface area (TPSA) is 46.3 Å². The van der Waals surface area contributed by atoms with Crippen molar-refractivity contribution in [2.24, 2.45) is 0 Å². The van der Waals surface area contributed by atoms with Gasteiger partial charge in [0.25, 0.3) is 5.91 Å². The van der Waals surface area contributed by atoms with Gasteiger partial charge in [0.15, 0.2) is 0 Å². The summed E-state index contributed by atoms with van der Waals surface area (Å²) in [6, 6.07) is 5.86. The molecule has 0 aromatic heterocycles. The molecule has 0 aliphatic heterocycles. The summed E-state index contributed by atoms with van der Waals surface area (Å²) in [5, 5.41) is 0. The molecular weight excluding hydrogens is 212 g/mol. The summed E-state index contributed by atoms with van der Waals surface area (Å²) in [5.41, 5.74) is 8.17. The maximum Gasteiger partial charge on any atom is 0.254 e. The van der Waals surface area contributed by atoms with Crippen LogP contribution in [0.5, 0.6) is 0 Å². The van der Waals surface area contributed by atoms with Gasteiger partial charge in [-0.3, -0.25) is 4.79 Å². The molecular formula is C14H22N2O. The van der Waals surface area contributed by atoms with Crippen LogP contribution in [0.15, 0.2) is 18.2 Å². The van der Waals surface area contributed by atoms with Crippen molar-refractivity contribution < 1.29 is 4.79 Å². The monoisotopic (exact) mass is 234 g/mol. The summed E-state index contributed by atoms with van der Waals surface area (Å²) in [6.45, 7) is 10.0. The van der Waals surface area contributed by atoms with Crippen molar-refractivity contribution in [2.75, 3.05) is 5.73 Å². The Balaban J connectivity index is 3.06. The molecule has 0 atom stereocenters. The molecule has 0 saturated carbocycles. The predicted molar refractivity (Wildman–Crippen MR) is 72.0 cm³/mol. The van der Waals surface area contributed by atoms with E-state index in [0.29, 0.717) is 11.3 Å². The van der Waals surface area contributed by atoms with Crippen LogP contribution < -0.4 is 5.73 Å². The highest BCUT2D eigenvalue weighted by Crippen LogP contribution is 2.17. The van der Waals surface area contributed by atoms with Crippen molar-refractivity contribution in [2.45, 2.75) is 46.7 Å². The van der Waals surface area contributed by atoms with Gasteiger partial charge < -0.3 is 10.6 Å². The zero-order valence-corrected chi connectivity index (χ0v) is 11.3. The van der Waals surface area contributed by atoms with E-state index in [0.717, 1.165) is 5.56 Å². The lowest BCUT2D eigenvalue weighted by molar-refractivity contribution is 0.0644. The number of hydrogen-bond donors (Lipinski definition) is 1. The van der Waals surface area contributed by atoms with E-state index in [1.54, 1.807) is 6.07 Å². The molecule has 0 aliphatic carbocycles. The molecule has 0 fully saturated rings. The molecule has 0 aliphatic rings. The molecule has 94 valence electrons. The lowest BCUT2D eigenvalue weighted by atomic mass is 10.1. The van der Waals surface area contributed by atoms with Gasteiger partial charge in [-0.1, -0.05) is 6.07 Å². The number of nitrogens with zero attached hydrogens (tertiary/aromatic N) is 1. The second-order valence-electron chi connectivity index (χ2n) is 4.97. The predicted octanol–water partition coefficient (Wildman–Crippen LogP) is 2.84. The van der Waals surface area contributed by atoms with Gasteiger partial charge in [-0.2, -0.15) is 0 Å². The van der Waals surface area contributed by atoms with Crippen LogP contribution in [0.3, 0.4) is 0 Å².